The molecule has 0 atom stereocenters. The normalized spacial score (nSPS) is 11.0. The van der Waals surface area contributed by atoms with Gasteiger partial charge in [0.1, 0.15) is 0 Å². The Morgan fingerprint density at radius 1 is 1.23 bits per heavy atom. The van der Waals surface area contributed by atoms with E-state index in [1.54, 1.807) is 0 Å². The van der Waals surface area contributed by atoms with E-state index >= 15 is 0 Å². The second-order valence-electron chi connectivity index (χ2n) is 3.32. The molecule has 1 nitrogen and oxygen atoms in total. The molecule has 0 radical (unpaired) electrons. The van der Waals surface area contributed by atoms with Gasteiger partial charge in [-0.1, -0.05) is 30.4 Å². The molecule has 1 aromatic carbocycles. The Hall–Kier alpha value is -1.08. The molecule has 70 valence electrons. The maximum atomic E-state index is 5.40. The summed E-state index contributed by atoms with van der Waals surface area (Å²) in [5, 5.41) is 0. The molecule has 0 saturated carbocycles. The predicted molar refractivity (Wildman–Crippen MR) is 58.6 cm³/mol. The van der Waals surface area contributed by atoms with Crippen LogP contribution in [0.1, 0.15) is 23.1 Å². The van der Waals surface area contributed by atoms with Gasteiger partial charge >= 0.3 is 0 Å². The largest absolute Gasteiger partial charge is 0.330 e. The van der Waals surface area contributed by atoms with Crippen molar-refractivity contribution >= 4 is 6.08 Å². The minimum Gasteiger partial charge on any atom is -0.330 e. The van der Waals surface area contributed by atoms with Crippen LogP contribution in [0.4, 0.5) is 0 Å². The summed E-state index contributed by atoms with van der Waals surface area (Å²) < 4.78 is 0. The molecule has 1 aromatic rings. The minimum atomic E-state index is 0.724. The molecule has 13 heavy (non-hydrogen) atoms. The molecule has 0 heterocycles. The van der Waals surface area contributed by atoms with E-state index in [1.165, 1.54) is 16.7 Å². The number of hydrogen-bond acceptors (Lipinski definition) is 1. The van der Waals surface area contributed by atoms with Crippen LogP contribution in [0.2, 0.25) is 0 Å². The molecule has 0 spiro atoms. The molecule has 0 bridgehead atoms. The van der Waals surface area contributed by atoms with Gasteiger partial charge in [0, 0.05) is 0 Å². The highest BCUT2D eigenvalue weighted by Crippen LogP contribution is 2.11. The average molecular weight is 175 g/mol. The second-order valence-corrected chi connectivity index (χ2v) is 3.32. The zero-order chi connectivity index (χ0) is 9.68. The van der Waals surface area contributed by atoms with Crippen LogP contribution in [0.25, 0.3) is 6.08 Å². The lowest BCUT2D eigenvalue weighted by molar-refractivity contribution is 1.01. The van der Waals surface area contributed by atoms with Gasteiger partial charge in [-0.15, -0.1) is 0 Å². The maximum absolute atomic E-state index is 5.40. The number of rotatable bonds is 3. The Labute approximate surface area is 80.3 Å². The summed E-state index contributed by atoms with van der Waals surface area (Å²) in [7, 11) is 0. The SMILES string of the molecule is Cc1ccc(C=CCCN)cc1C. The average Bonchev–Trinajstić information content (AvgIpc) is 2.12. The number of hydrogen-bond donors (Lipinski definition) is 1. The molecular formula is C12H17N. The van der Waals surface area contributed by atoms with Crippen molar-refractivity contribution in [3.05, 3.63) is 41.0 Å². The van der Waals surface area contributed by atoms with E-state index in [4.69, 9.17) is 5.73 Å². The minimum absolute atomic E-state index is 0.724. The Morgan fingerprint density at radius 3 is 2.62 bits per heavy atom. The molecule has 0 aliphatic heterocycles. The van der Waals surface area contributed by atoms with Crippen LogP contribution in [-0.4, -0.2) is 6.54 Å². The highest BCUT2D eigenvalue weighted by molar-refractivity contribution is 5.51. The summed E-state index contributed by atoms with van der Waals surface area (Å²) in [6.45, 7) is 4.99. The molecule has 1 rings (SSSR count). The summed E-state index contributed by atoms with van der Waals surface area (Å²) >= 11 is 0. The van der Waals surface area contributed by atoms with E-state index in [1.807, 2.05) is 0 Å². The van der Waals surface area contributed by atoms with Gasteiger partial charge < -0.3 is 5.73 Å². The van der Waals surface area contributed by atoms with Gasteiger partial charge in [-0.2, -0.15) is 0 Å². The van der Waals surface area contributed by atoms with E-state index in [9.17, 15) is 0 Å². The van der Waals surface area contributed by atoms with Crippen LogP contribution in [0.15, 0.2) is 24.3 Å². The number of benzene rings is 1. The molecule has 0 aliphatic rings. The highest BCUT2D eigenvalue weighted by atomic mass is 14.5. The van der Waals surface area contributed by atoms with Gasteiger partial charge in [-0.3, -0.25) is 0 Å². The molecule has 0 unspecified atom stereocenters. The quantitative estimate of drug-likeness (QED) is 0.751. The fourth-order valence-electron chi connectivity index (χ4n) is 1.18. The fraction of sp³-hybridized carbons (Fsp3) is 0.333. The second kappa shape index (κ2) is 4.83. The van der Waals surface area contributed by atoms with Gasteiger partial charge in [-0.25, -0.2) is 0 Å². The van der Waals surface area contributed by atoms with Crippen LogP contribution in [0.5, 0.6) is 0 Å². The van der Waals surface area contributed by atoms with Crippen molar-refractivity contribution in [2.75, 3.05) is 6.54 Å². The Morgan fingerprint density at radius 2 is 2.00 bits per heavy atom. The number of aryl methyl sites for hydroxylation is 2. The summed E-state index contributed by atoms with van der Waals surface area (Å²) in [5.41, 5.74) is 9.34. The van der Waals surface area contributed by atoms with E-state index in [0.717, 1.165) is 13.0 Å². The highest BCUT2D eigenvalue weighted by Gasteiger charge is 1.91. The lowest BCUT2D eigenvalue weighted by Gasteiger charge is -2.00. The lowest BCUT2D eigenvalue weighted by Crippen LogP contribution is -1.94. The third-order valence-corrected chi connectivity index (χ3v) is 2.17. The van der Waals surface area contributed by atoms with Gasteiger partial charge in [0.25, 0.3) is 0 Å². The molecule has 0 aromatic heterocycles. The first-order chi connectivity index (χ1) is 6.24. The van der Waals surface area contributed by atoms with E-state index in [2.05, 4.69) is 44.2 Å². The number of nitrogens with two attached hydrogens (primary N) is 1. The van der Waals surface area contributed by atoms with Crippen LogP contribution in [0, 0.1) is 13.8 Å². The van der Waals surface area contributed by atoms with Gasteiger partial charge in [-0.05, 0) is 43.5 Å². The molecular weight excluding hydrogens is 158 g/mol. The van der Waals surface area contributed by atoms with Gasteiger partial charge in [0.15, 0.2) is 0 Å². The zero-order valence-corrected chi connectivity index (χ0v) is 8.38. The molecule has 2 N–H and O–H groups in total. The van der Waals surface area contributed by atoms with Crippen molar-refractivity contribution in [1.29, 1.82) is 0 Å². The molecule has 0 fully saturated rings. The fourth-order valence-corrected chi connectivity index (χ4v) is 1.18. The van der Waals surface area contributed by atoms with Crippen molar-refractivity contribution in [2.24, 2.45) is 5.73 Å². The first kappa shape index (κ1) is 10.0. The molecule has 0 saturated heterocycles. The van der Waals surface area contributed by atoms with Crippen molar-refractivity contribution in [2.45, 2.75) is 20.3 Å². The lowest BCUT2D eigenvalue weighted by atomic mass is 10.1. The summed E-state index contributed by atoms with van der Waals surface area (Å²) in [4.78, 5) is 0. The third kappa shape index (κ3) is 3.03. The van der Waals surface area contributed by atoms with Crippen molar-refractivity contribution in [3.8, 4) is 0 Å². The smallest absolute Gasteiger partial charge is 0.00425 e. The Balaban J connectivity index is 2.73. The molecule has 1 heteroatoms. The van der Waals surface area contributed by atoms with Crippen molar-refractivity contribution in [1.82, 2.24) is 0 Å². The monoisotopic (exact) mass is 175 g/mol. The van der Waals surface area contributed by atoms with E-state index in [-0.39, 0.29) is 0 Å². The van der Waals surface area contributed by atoms with E-state index in [0.29, 0.717) is 0 Å². The summed E-state index contributed by atoms with van der Waals surface area (Å²) in [5.74, 6) is 0. The van der Waals surface area contributed by atoms with Crippen LogP contribution < -0.4 is 5.73 Å². The van der Waals surface area contributed by atoms with E-state index < -0.39 is 0 Å². The predicted octanol–water partition coefficient (Wildman–Crippen LogP) is 2.67. The summed E-state index contributed by atoms with van der Waals surface area (Å²) in [6, 6.07) is 6.48. The van der Waals surface area contributed by atoms with Gasteiger partial charge in [0.05, 0.1) is 0 Å². The molecule has 0 aliphatic carbocycles. The first-order valence-corrected chi connectivity index (χ1v) is 4.68. The summed E-state index contributed by atoms with van der Waals surface area (Å²) in [6.07, 6.45) is 5.19. The van der Waals surface area contributed by atoms with Crippen LogP contribution in [0.3, 0.4) is 0 Å². The first-order valence-electron chi connectivity index (χ1n) is 4.68. The standard InChI is InChI=1S/C12H17N/c1-10-6-7-12(9-11(10)2)5-3-4-8-13/h3,5-7,9H,4,8,13H2,1-2H3. The van der Waals surface area contributed by atoms with Crippen molar-refractivity contribution < 1.29 is 0 Å². The van der Waals surface area contributed by atoms with Crippen molar-refractivity contribution in [3.63, 3.8) is 0 Å². The maximum Gasteiger partial charge on any atom is -0.00425 e. The van der Waals surface area contributed by atoms with Gasteiger partial charge in [0.2, 0.25) is 0 Å². The third-order valence-electron chi connectivity index (χ3n) is 2.17. The zero-order valence-electron chi connectivity index (χ0n) is 8.38. The van der Waals surface area contributed by atoms with Crippen LogP contribution >= 0.6 is 0 Å². The molecule has 0 amide bonds. The Bertz CT molecular complexity index is 300. The Kier molecular flexibility index (Phi) is 3.71. The topological polar surface area (TPSA) is 26.0 Å². The van der Waals surface area contributed by atoms with Crippen LogP contribution in [-0.2, 0) is 0 Å².